The first-order chi connectivity index (χ1) is 28.7. The molecule has 0 amide bonds. The van der Waals surface area contributed by atoms with Gasteiger partial charge in [-0.15, -0.1) is 11.3 Å². The highest BCUT2D eigenvalue weighted by Gasteiger charge is 2.21. The number of thiophene rings is 1. The number of anilines is 3. The Morgan fingerprint density at radius 3 is 1.86 bits per heavy atom. The van der Waals surface area contributed by atoms with E-state index in [1.165, 1.54) is 58.7 Å². The minimum Gasteiger partial charge on any atom is -0.456 e. The summed E-state index contributed by atoms with van der Waals surface area (Å²) < 4.78 is 11.4. The largest absolute Gasteiger partial charge is 0.456 e. The monoisotopic (exact) mass is 758 g/mol. The maximum Gasteiger partial charge on any atom is 0.137 e. The number of fused-ring (bicyclic) bond motifs is 9. The topological polar surface area (TPSA) is 21.3 Å². The number of aromatic nitrogens is 1. The van der Waals surface area contributed by atoms with Crippen LogP contribution < -0.4 is 4.90 Å². The van der Waals surface area contributed by atoms with Crippen molar-refractivity contribution in [1.29, 1.82) is 0 Å². The van der Waals surface area contributed by atoms with E-state index in [0.717, 1.165) is 50.3 Å². The molecular weight excluding hydrogens is 725 g/mol. The van der Waals surface area contributed by atoms with Gasteiger partial charge < -0.3 is 13.9 Å². The summed E-state index contributed by atoms with van der Waals surface area (Å²) in [6.45, 7) is 0. The second kappa shape index (κ2) is 13.1. The number of furan rings is 1. The molecule has 12 aromatic rings. The summed E-state index contributed by atoms with van der Waals surface area (Å²) in [5.41, 5.74) is 13.4. The highest BCUT2D eigenvalue weighted by atomic mass is 32.1. The molecule has 4 heteroatoms. The van der Waals surface area contributed by atoms with Crippen molar-refractivity contribution in [1.82, 2.24) is 4.57 Å². The molecule has 0 aliphatic heterocycles. The number of nitrogens with zero attached hydrogens (tertiary/aromatic N) is 2. The average Bonchev–Trinajstić information content (AvgIpc) is 3.96. The van der Waals surface area contributed by atoms with Crippen LogP contribution >= 0.6 is 11.3 Å². The van der Waals surface area contributed by atoms with Crippen LogP contribution in [0.15, 0.2) is 211 Å². The lowest BCUT2D eigenvalue weighted by molar-refractivity contribution is 0.669. The summed E-state index contributed by atoms with van der Waals surface area (Å²) >= 11 is 1.85. The van der Waals surface area contributed by atoms with Gasteiger partial charge in [-0.1, -0.05) is 127 Å². The van der Waals surface area contributed by atoms with Crippen molar-refractivity contribution in [2.45, 2.75) is 0 Å². The van der Waals surface area contributed by atoms with E-state index in [2.05, 4.69) is 204 Å². The van der Waals surface area contributed by atoms with Crippen molar-refractivity contribution in [3.63, 3.8) is 0 Å². The van der Waals surface area contributed by atoms with Crippen molar-refractivity contribution in [2.75, 3.05) is 4.90 Å². The molecule has 9 aromatic carbocycles. The van der Waals surface area contributed by atoms with Gasteiger partial charge in [-0.3, -0.25) is 0 Å². The first kappa shape index (κ1) is 32.8. The molecule has 272 valence electrons. The molecule has 0 N–H and O–H groups in total. The van der Waals surface area contributed by atoms with E-state index in [4.69, 9.17) is 4.42 Å². The van der Waals surface area contributed by atoms with Crippen LogP contribution in [-0.2, 0) is 0 Å². The molecular formula is C54H34N2OS. The summed E-state index contributed by atoms with van der Waals surface area (Å²) in [5.74, 6) is 0. The van der Waals surface area contributed by atoms with Crippen LogP contribution in [0.3, 0.4) is 0 Å². The Balaban J connectivity index is 1.02. The van der Waals surface area contributed by atoms with E-state index in [0.29, 0.717) is 0 Å². The SMILES string of the molecule is c1ccc(-c2ccc3sc4c(N(c5ccc(-c6ccc7c8ccccc8n(-c8ccccc8)c7c6)cc5)c5ccc6c(c5)oc5ccccc56)cccc4c3c2)cc1. The van der Waals surface area contributed by atoms with Crippen molar-refractivity contribution < 1.29 is 4.42 Å². The molecule has 3 heterocycles. The summed E-state index contributed by atoms with van der Waals surface area (Å²) in [5, 5.41) is 7.28. The maximum absolute atomic E-state index is 6.46. The Labute approximate surface area is 338 Å². The molecule has 0 atom stereocenters. The third kappa shape index (κ3) is 5.19. The van der Waals surface area contributed by atoms with Crippen LogP contribution in [-0.4, -0.2) is 4.57 Å². The van der Waals surface area contributed by atoms with Crippen LogP contribution in [0.25, 0.3) is 91.9 Å². The number of para-hydroxylation sites is 3. The predicted molar refractivity (Wildman–Crippen MR) is 247 cm³/mol. The van der Waals surface area contributed by atoms with Crippen LogP contribution in [0.2, 0.25) is 0 Å². The van der Waals surface area contributed by atoms with E-state index in [-0.39, 0.29) is 0 Å². The molecule has 58 heavy (non-hydrogen) atoms. The van der Waals surface area contributed by atoms with Crippen LogP contribution in [0.1, 0.15) is 0 Å². The minimum absolute atomic E-state index is 0.874. The molecule has 3 aromatic heterocycles. The third-order valence-corrected chi connectivity index (χ3v) is 12.8. The molecule has 0 spiro atoms. The summed E-state index contributed by atoms with van der Waals surface area (Å²) in [7, 11) is 0. The molecule has 0 unspecified atom stereocenters. The van der Waals surface area contributed by atoms with Gasteiger partial charge in [0.25, 0.3) is 0 Å². The van der Waals surface area contributed by atoms with E-state index in [1.807, 2.05) is 23.5 Å². The van der Waals surface area contributed by atoms with Gasteiger partial charge in [0, 0.05) is 60.1 Å². The Hall–Kier alpha value is -7.40. The molecule has 0 fully saturated rings. The second-order valence-corrected chi connectivity index (χ2v) is 16.0. The molecule has 0 aliphatic carbocycles. The molecule has 0 saturated carbocycles. The van der Waals surface area contributed by atoms with E-state index in [9.17, 15) is 0 Å². The van der Waals surface area contributed by atoms with E-state index >= 15 is 0 Å². The van der Waals surface area contributed by atoms with E-state index < -0.39 is 0 Å². The van der Waals surface area contributed by atoms with Gasteiger partial charge in [0.1, 0.15) is 11.2 Å². The number of rotatable bonds is 6. The molecule has 0 bridgehead atoms. The van der Waals surface area contributed by atoms with Crippen molar-refractivity contribution in [2.24, 2.45) is 0 Å². The highest BCUT2D eigenvalue weighted by molar-refractivity contribution is 7.26. The molecule has 3 nitrogen and oxygen atoms in total. The average molecular weight is 759 g/mol. The zero-order valence-corrected chi connectivity index (χ0v) is 32.2. The number of benzene rings is 9. The predicted octanol–water partition coefficient (Wildman–Crippen LogP) is 15.9. The third-order valence-electron chi connectivity index (χ3n) is 11.6. The summed E-state index contributed by atoms with van der Waals surface area (Å²) in [6, 6.07) is 74.4. The first-order valence-electron chi connectivity index (χ1n) is 19.7. The van der Waals surface area contributed by atoms with Gasteiger partial charge in [0.2, 0.25) is 0 Å². The first-order valence-corrected chi connectivity index (χ1v) is 20.5. The zero-order valence-electron chi connectivity index (χ0n) is 31.3. The zero-order chi connectivity index (χ0) is 38.2. The Morgan fingerprint density at radius 2 is 1.00 bits per heavy atom. The van der Waals surface area contributed by atoms with Crippen LogP contribution in [0, 0.1) is 0 Å². The fraction of sp³-hybridized carbons (Fsp3) is 0. The Bertz CT molecular complexity index is 3500. The van der Waals surface area contributed by atoms with Crippen LogP contribution in [0.5, 0.6) is 0 Å². The molecule has 0 aliphatic rings. The van der Waals surface area contributed by atoms with Gasteiger partial charge in [-0.05, 0) is 95.1 Å². The fourth-order valence-electron chi connectivity index (χ4n) is 8.86. The molecule has 0 saturated heterocycles. The molecule has 0 radical (unpaired) electrons. The minimum atomic E-state index is 0.874. The van der Waals surface area contributed by atoms with Gasteiger partial charge in [0.15, 0.2) is 0 Å². The normalized spacial score (nSPS) is 11.8. The lowest BCUT2D eigenvalue weighted by atomic mass is 10.0. The summed E-state index contributed by atoms with van der Waals surface area (Å²) in [4.78, 5) is 2.39. The van der Waals surface area contributed by atoms with Gasteiger partial charge in [-0.2, -0.15) is 0 Å². The standard InChI is InChI=1S/C54H34N2OS/c1-3-12-35(13-4-1)37-25-31-53-47(32-37)46-18-11-20-49(54(46)58-53)55(41-28-30-45-44-17-8-10-21-51(44)57-52(45)34-41)40-26-22-36(23-27-40)38-24-29-43-42-16-7-9-19-48(42)56(50(43)33-38)39-14-5-2-6-15-39/h1-34H. The fourth-order valence-corrected chi connectivity index (χ4v) is 10.0. The smallest absolute Gasteiger partial charge is 0.137 e. The number of hydrogen-bond donors (Lipinski definition) is 0. The van der Waals surface area contributed by atoms with Crippen molar-refractivity contribution >= 4 is 92.3 Å². The van der Waals surface area contributed by atoms with Gasteiger partial charge in [0.05, 0.1) is 21.4 Å². The lowest BCUT2D eigenvalue weighted by Crippen LogP contribution is -2.10. The Kier molecular flexibility index (Phi) is 7.40. The maximum atomic E-state index is 6.46. The molecule has 12 rings (SSSR count). The Morgan fingerprint density at radius 1 is 0.379 bits per heavy atom. The van der Waals surface area contributed by atoms with Crippen molar-refractivity contribution in [3.05, 3.63) is 206 Å². The van der Waals surface area contributed by atoms with Gasteiger partial charge >= 0.3 is 0 Å². The lowest BCUT2D eigenvalue weighted by Gasteiger charge is -2.26. The van der Waals surface area contributed by atoms with Gasteiger partial charge in [-0.25, -0.2) is 0 Å². The number of hydrogen-bond acceptors (Lipinski definition) is 3. The second-order valence-electron chi connectivity index (χ2n) is 14.9. The van der Waals surface area contributed by atoms with E-state index in [1.54, 1.807) is 0 Å². The highest BCUT2D eigenvalue weighted by Crippen LogP contribution is 2.47. The van der Waals surface area contributed by atoms with Crippen LogP contribution in [0.4, 0.5) is 17.1 Å². The quantitative estimate of drug-likeness (QED) is 0.168. The van der Waals surface area contributed by atoms with Crippen molar-refractivity contribution in [3.8, 4) is 27.9 Å². The summed E-state index contributed by atoms with van der Waals surface area (Å²) in [6.07, 6.45) is 0.